The Bertz CT molecular complexity index is 107. The average molecular weight is 125 g/mol. The number of hydrogen-bond acceptors (Lipinski definition) is 1. The van der Waals surface area contributed by atoms with Crippen LogP contribution in [0.5, 0.6) is 0 Å². The van der Waals surface area contributed by atoms with Crippen molar-refractivity contribution < 1.29 is 0 Å². The van der Waals surface area contributed by atoms with Crippen LogP contribution in [0.4, 0.5) is 0 Å². The molecule has 0 aliphatic carbocycles. The Kier molecular flexibility index (Phi) is 3.21. The van der Waals surface area contributed by atoms with Crippen LogP contribution in [0.2, 0.25) is 0 Å². The molecule has 0 N–H and O–H groups in total. The molecule has 1 nitrogen and oxygen atoms in total. The molecule has 0 aromatic heterocycles. The highest BCUT2D eigenvalue weighted by Gasteiger charge is 2.07. The van der Waals surface area contributed by atoms with Gasteiger partial charge in [0.1, 0.15) is 0 Å². The van der Waals surface area contributed by atoms with Gasteiger partial charge in [0.25, 0.3) is 0 Å². The van der Waals surface area contributed by atoms with Crippen LogP contribution in [0, 0.1) is 0 Å². The highest BCUT2D eigenvalue weighted by molar-refractivity contribution is 5.54. The lowest BCUT2D eigenvalue weighted by Gasteiger charge is -2.12. The Hall–Kier alpha value is -0.590. The summed E-state index contributed by atoms with van der Waals surface area (Å²) >= 11 is 0. The van der Waals surface area contributed by atoms with Crippen molar-refractivity contribution in [2.75, 3.05) is 0 Å². The highest BCUT2D eigenvalue weighted by atomic mass is 14.8. The van der Waals surface area contributed by atoms with Crippen molar-refractivity contribution in [3.05, 3.63) is 12.2 Å². The van der Waals surface area contributed by atoms with E-state index >= 15 is 0 Å². The minimum atomic E-state index is -0.0104. The van der Waals surface area contributed by atoms with Gasteiger partial charge in [-0.3, -0.25) is 4.99 Å². The first kappa shape index (κ1) is 8.41. The fourth-order valence-electron chi connectivity index (χ4n) is 0.784. The van der Waals surface area contributed by atoms with Gasteiger partial charge in [-0.2, -0.15) is 0 Å². The number of hydrogen-bond donors (Lipinski definition) is 0. The van der Waals surface area contributed by atoms with Crippen molar-refractivity contribution in [1.29, 1.82) is 0 Å². The first-order chi connectivity index (χ1) is 4.12. The first-order valence-electron chi connectivity index (χ1n) is 3.26. The van der Waals surface area contributed by atoms with E-state index in [-0.39, 0.29) is 5.54 Å². The maximum atomic E-state index is 4.23. The summed E-state index contributed by atoms with van der Waals surface area (Å²) in [4.78, 5) is 4.23. The zero-order valence-electron chi connectivity index (χ0n) is 6.68. The molecule has 0 aromatic carbocycles. The van der Waals surface area contributed by atoms with Gasteiger partial charge in [-0.1, -0.05) is 12.2 Å². The standard InChI is InChI=1S/C8H15N/c1-5-7-8(3,4)9-6-2/h5-7H,1-4H3/b7-5-,9-6?. The number of allylic oxidation sites excluding steroid dienone is 1. The molecule has 52 valence electrons. The lowest BCUT2D eigenvalue weighted by atomic mass is 10.1. The van der Waals surface area contributed by atoms with E-state index in [1.54, 1.807) is 0 Å². The summed E-state index contributed by atoms with van der Waals surface area (Å²) in [6.45, 7) is 8.10. The van der Waals surface area contributed by atoms with Gasteiger partial charge in [-0.05, 0) is 33.9 Å². The molecule has 0 spiro atoms. The van der Waals surface area contributed by atoms with E-state index in [0.29, 0.717) is 0 Å². The van der Waals surface area contributed by atoms with Crippen molar-refractivity contribution in [3.63, 3.8) is 0 Å². The van der Waals surface area contributed by atoms with Gasteiger partial charge in [0, 0.05) is 0 Å². The number of nitrogens with zero attached hydrogens (tertiary/aromatic N) is 1. The molecule has 0 saturated carbocycles. The van der Waals surface area contributed by atoms with Crippen LogP contribution >= 0.6 is 0 Å². The third-order valence-corrected chi connectivity index (χ3v) is 1.04. The maximum Gasteiger partial charge on any atom is 0.0727 e. The van der Waals surface area contributed by atoms with Gasteiger partial charge >= 0.3 is 0 Å². The molecule has 0 bridgehead atoms. The summed E-state index contributed by atoms with van der Waals surface area (Å²) in [5.41, 5.74) is -0.0104. The maximum absolute atomic E-state index is 4.23. The molecule has 0 rings (SSSR count). The number of rotatable bonds is 2. The summed E-state index contributed by atoms with van der Waals surface area (Å²) in [5.74, 6) is 0. The molecule has 0 heterocycles. The quantitative estimate of drug-likeness (QED) is 0.397. The Morgan fingerprint density at radius 1 is 1.22 bits per heavy atom. The van der Waals surface area contributed by atoms with Gasteiger partial charge in [0.05, 0.1) is 5.54 Å². The molecular formula is C8H15N. The van der Waals surface area contributed by atoms with Crippen molar-refractivity contribution in [2.45, 2.75) is 33.2 Å². The van der Waals surface area contributed by atoms with E-state index < -0.39 is 0 Å². The molecule has 0 aliphatic heterocycles. The monoisotopic (exact) mass is 125 g/mol. The SMILES string of the molecule is CC=NC(C)(C)/C=C\C. The summed E-state index contributed by atoms with van der Waals surface area (Å²) in [7, 11) is 0. The summed E-state index contributed by atoms with van der Waals surface area (Å²) in [6, 6.07) is 0. The fraction of sp³-hybridized carbons (Fsp3) is 0.625. The molecule has 0 aliphatic rings. The van der Waals surface area contributed by atoms with Crippen LogP contribution in [0.15, 0.2) is 17.1 Å². The van der Waals surface area contributed by atoms with Crippen molar-refractivity contribution >= 4 is 6.21 Å². The molecule has 0 radical (unpaired) electrons. The molecule has 0 unspecified atom stereocenters. The smallest absolute Gasteiger partial charge is 0.0727 e. The molecule has 0 aromatic rings. The van der Waals surface area contributed by atoms with Crippen molar-refractivity contribution in [2.24, 2.45) is 4.99 Å². The Morgan fingerprint density at radius 2 is 1.78 bits per heavy atom. The molecule has 0 fully saturated rings. The second-order valence-corrected chi connectivity index (χ2v) is 2.54. The van der Waals surface area contributed by atoms with E-state index in [1.165, 1.54) is 0 Å². The summed E-state index contributed by atoms with van der Waals surface area (Å²) in [5, 5.41) is 0. The zero-order chi connectivity index (χ0) is 7.33. The van der Waals surface area contributed by atoms with Crippen LogP contribution in [0.25, 0.3) is 0 Å². The predicted molar refractivity (Wildman–Crippen MR) is 43.1 cm³/mol. The Labute approximate surface area is 57.5 Å². The van der Waals surface area contributed by atoms with Gasteiger partial charge in [0.15, 0.2) is 0 Å². The second-order valence-electron chi connectivity index (χ2n) is 2.54. The van der Waals surface area contributed by atoms with E-state index in [9.17, 15) is 0 Å². The summed E-state index contributed by atoms with van der Waals surface area (Å²) < 4.78 is 0. The predicted octanol–water partition coefficient (Wildman–Crippen LogP) is 2.43. The van der Waals surface area contributed by atoms with Gasteiger partial charge in [-0.15, -0.1) is 0 Å². The van der Waals surface area contributed by atoms with Crippen LogP contribution < -0.4 is 0 Å². The van der Waals surface area contributed by atoms with Gasteiger partial charge < -0.3 is 0 Å². The fourth-order valence-corrected chi connectivity index (χ4v) is 0.784. The van der Waals surface area contributed by atoms with Crippen LogP contribution in [-0.4, -0.2) is 11.8 Å². The van der Waals surface area contributed by atoms with Gasteiger partial charge in [-0.25, -0.2) is 0 Å². The second kappa shape index (κ2) is 3.44. The topological polar surface area (TPSA) is 12.4 Å². The van der Waals surface area contributed by atoms with Gasteiger partial charge in [0.2, 0.25) is 0 Å². The first-order valence-corrected chi connectivity index (χ1v) is 3.26. The molecule has 0 saturated heterocycles. The van der Waals surface area contributed by atoms with Crippen LogP contribution in [-0.2, 0) is 0 Å². The summed E-state index contributed by atoms with van der Waals surface area (Å²) in [6.07, 6.45) is 5.93. The van der Waals surface area contributed by atoms with E-state index in [2.05, 4.69) is 24.9 Å². The van der Waals surface area contributed by atoms with E-state index in [1.807, 2.05) is 26.1 Å². The number of aliphatic imine (C=N–C) groups is 1. The Morgan fingerprint density at radius 3 is 2.11 bits per heavy atom. The molecule has 9 heavy (non-hydrogen) atoms. The van der Waals surface area contributed by atoms with Crippen molar-refractivity contribution in [3.8, 4) is 0 Å². The average Bonchev–Trinajstić information content (AvgIpc) is 1.64. The third kappa shape index (κ3) is 3.95. The highest BCUT2D eigenvalue weighted by Crippen LogP contribution is 2.08. The molecule has 0 amide bonds. The molecular weight excluding hydrogens is 110 g/mol. The lowest BCUT2D eigenvalue weighted by Crippen LogP contribution is -2.11. The normalized spacial score (nSPS) is 13.8. The van der Waals surface area contributed by atoms with Crippen molar-refractivity contribution in [1.82, 2.24) is 0 Å². The van der Waals surface area contributed by atoms with E-state index in [0.717, 1.165) is 0 Å². The largest absolute Gasteiger partial charge is 0.288 e. The zero-order valence-corrected chi connectivity index (χ0v) is 6.68. The molecule has 0 atom stereocenters. The Balaban J connectivity index is 4.01. The van der Waals surface area contributed by atoms with Crippen LogP contribution in [0.1, 0.15) is 27.7 Å². The molecule has 1 heteroatoms. The minimum absolute atomic E-state index is 0.0104. The third-order valence-electron chi connectivity index (χ3n) is 1.04. The van der Waals surface area contributed by atoms with E-state index in [4.69, 9.17) is 0 Å². The van der Waals surface area contributed by atoms with Crippen LogP contribution in [0.3, 0.4) is 0 Å². The minimum Gasteiger partial charge on any atom is -0.288 e. The lowest BCUT2D eigenvalue weighted by molar-refractivity contribution is 0.659.